The van der Waals surface area contributed by atoms with E-state index in [1.807, 2.05) is 0 Å². The van der Waals surface area contributed by atoms with Gasteiger partial charge in [-0.15, -0.1) is 0 Å². The Hall–Kier alpha value is -2.35. The second-order valence-electron chi connectivity index (χ2n) is 5.53. The van der Waals surface area contributed by atoms with Crippen LogP contribution in [0.5, 0.6) is 0 Å². The van der Waals surface area contributed by atoms with Crippen molar-refractivity contribution >= 4 is 32.7 Å². The molecular formula is C17H13BrF3N3O. The number of fused-ring (bicyclic) bond motifs is 1. The Morgan fingerprint density at radius 2 is 2.00 bits per heavy atom. The molecule has 0 bridgehead atoms. The van der Waals surface area contributed by atoms with Crippen molar-refractivity contribution in [1.82, 2.24) is 15.5 Å². The quantitative estimate of drug-likeness (QED) is 0.641. The van der Waals surface area contributed by atoms with Gasteiger partial charge in [0.2, 0.25) is 0 Å². The molecule has 3 rings (SSSR count). The summed E-state index contributed by atoms with van der Waals surface area (Å²) in [6.07, 6.45) is -1.34. The van der Waals surface area contributed by atoms with E-state index in [-0.39, 0.29) is 5.56 Å². The number of hydrogen-bond acceptors (Lipinski definition) is 2. The lowest BCUT2D eigenvalue weighted by molar-refractivity contribution is 0.0940. The summed E-state index contributed by atoms with van der Waals surface area (Å²) in [4.78, 5) is 12.6. The molecule has 0 fully saturated rings. The van der Waals surface area contributed by atoms with Crippen LogP contribution in [0.3, 0.4) is 0 Å². The Morgan fingerprint density at radius 3 is 2.72 bits per heavy atom. The summed E-state index contributed by atoms with van der Waals surface area (Å²) < 4.78 is 40.6. The second kappa shape index (κ2) is 6.87. The maximum Gasteiger partial charge on any atom is 0.266 e. The normalized spacial score (nSPS) is 12.6. The number of hydrogen-bond donors (Lipinski definition) is 2. The van der Waals surface area contributed by atoms with Crippen LogP contribution < -0.4 is 5.32 Å². The van der Waals surface area contributed by atoms with E-state index >= 15 is 0 Å². The number of rotatable bonds is 4. The molecule has 1 aromatic heterocycles. The van der Waals surface area contributed by atoms with E-state index in [4.69, 9.17) is 0 Å². The Kier molecular flexibility index (Phi) is 4.80. The average Bonchev–Trinajstić information content (AvgIpc) is 3.01. The van der Waals surface area contributed by atoms with Crippen LogP contribution in [0.25, 0.3) is 10.9 Å². The predicted molar refractivity (Wildman–Crippen MR) is 91.0 cm³/mol. The number of alkyl halides is 2. The van der Waals surface area contributed by atoms with E-state index in [0.717, 1.165) is 11.5 Å². The van der Waals surface area contributed by atoms with Gasteiger partial charge in [0.25, 0.3) is 12.3 Å². The molecule has 1 amide bonds. The first-order valence-corrected chi connectivity index (χ1v) is 8.17. The van der Waals surface area contributed by atoms with Crippen LogP contribution in [0.2, 0.25) is 0 Å². The monoisotopic (exact) mass is 411 g/mol. The van der Waals surface area contributed by atoms with Crippen molar-refractivity contribution in [1.29, 1.82) is 0 Å². The van der Waals surface area contributed by atoms with Crippen molar-refractivity contribution in [2.45, 2.75) is 19.4 Å². The largest absolute Gasteiger partial charge is 0.345 e. The van der Waals surface area contributed by atoms with Crippen LogP contribution in [0, 0.1) is 5.82 Å². The molecule has 0 saturated heterocycles. The van der Waals surface area contributed by atoms with Crippen molar-refractivity contribution in [2.75, 3.05) is 0 Å². The van der Waals surface area contributed by atoms with E-state index < -0.39 is 29.8 Å². The number of halogens is 4. The first-order chi connectivity index (χ1) is 11.9. The summed E-state index contributed by atoms with van der Waals surface area (Å²) in [5.41, 5.74) is 0.174. The molecule has 1 atom stereocenters. The minimum atomic E-state index is -2.92. The van der Waals surface area contributed by atoms with Crippen LogP contribution in [-0.4, -0.2) is 16.1 Å². The highest BCUT2D eigenvalue weighted by molar-refractivity contribution is 9.10. The van der Waals surface area contributed by atoms with Gasteiger partial charge in [0.05, 0.1) is 28.9 Å². The highest BCUT2D eigenvalue weighted by Gasteiger charge is 2.21. The maximum atomic E-state index is 14.2. The number of nitrogens with zero attached hydrogens (tertiary/aromatic N) is 1. The molecule has 0 aliphatic heterocycles. The topological polar surface area (TPSA) is 57.8 Å². The molecule has 4 nitrogen and oxygen atoms in total. The van der Waals surface area contributed by atoms with Crippen LogP contribution in [0.1, 0.15) is 40.9 Å². The van der Waals surface area contributed by atoms with Crippen molar-refractivity contribution in [3.05, 3.63) is 63.5 Å². The van der Waals surface area contributed by atoms with Gasteiger partial charge >= 0.3 is 0 Å². The van der Waals surface area contributed by atoms with E-state index in [0.29, 0.717) is 15.6 Å². The molecule has 0 aliphatic rings. The van der Waals surface area contributed by atoms with Crippen molar-refractivity contribution in [2.24, 2.45) is 0 Å². The third kappa shape index (κ3) is 3.39. The van der Waals surface area contributed by atoms with Gasteiger partial charge in [-0.1, -0.05) is 34.1 Å². The molecule has 2 aromatic carbocycles. The van der Waals surface area contributed by atoms with Gasteiger partial charge in [0.1, 0.15) is 5.82 Å². The molecule has 0 unspecified atom stereocenters. The van der Waals surface area contributed by atoms with Gasteiger partial charge in [0.15, 0.2) is 0 Å². The summed E-state index contributed by atoms with van der Waals surface area (Å²) >= 11 is 3.32. The molecule has 1 heterocycles. The Bertz CT molecular complexity index is 942. The highest BCUT2D eigenvalue weighted by Crippen LogP contribution is 2.28. The smallest absolute Gasteiger partial charge is 0.266 e. The number of aromatic amines is 1. The van der Waals surface area contributed by atoms with E-state index in [1.54, 1.807) is 18.3 Å². The SMILES string of the molecule is C[C@@H](NC(=O)c1cc(Br)cc2cn[nH]c12)c1cccc(C(F)F)c1F. The molecular weight excluding hydrogens is 399 g/mol. The Morgan fingerprint density at radius 1 is 1.28 bits per heavy atom. The van der Waals surface area contributed by atoms with Gasteiger partial charge in [-0.3, -0.25) is 9.89 Å². The zero-order valence-corrected chi connectivity index (χ0v) is 14.6. The van der Waals surface area contributed by atoms with Crippen LogP contribution in [0.15, 0.2) is 41.0 Å². The van der Waals surface area contributed by atoms with Crippen LogP contribution in [-0.2, 0) is 0 Å². The summed E-state index contributed by atoms with van der Waals surface area (Å²) in [6, 6.07) is 6.36. The number of aromatic nitrogens is 2. The number of carbonyl (C=O) groups is 1. The van der Waals surface area contributed by atoms with E-state index in [2.05, 4.69) is 31.4 Å². The van der Waals surface area contributed by atoms with E-state index in [1.165, 1.54) is 19.1 Å². The molecule has 8 heteroatoms. The summed E-state index contributed by atoms with van der Waals surface area (Å²) in [5.74, 6) is -1.48. The molecule has 25 heavy (non-hydrogen) atoms. The van der Waals surface area contributed by atoms with Crippen molar-refractivity contribution < 1.29 is 18.0 Å². The Balaban J connectivity index is 1.90. The zero-order valence-electron chi connectivity index (χ0n) is 13.0. The molecule has 130 valence electrons. The number of amides is 1. The Labute approximate surface area is 149 Å². The summed E-state index contributed by atoms with van der Waals surface area (Å²) in [6.45, 7) is 1.54. The molecule has 3 aromatic rings. The molecule has 2 N–H and O–H groups in total. The number of carbonyl (C=O) groups excluding carboxylic acids is 1. The lowest BCUT2D eigenvalue weighted by Crippen LogP contribution is -2.27. The summed E-state index contributed by atoms with van der Waals surface area (Å²) in [5, 5.41) is 10.0. The third-order valence-corrected chi connectivity index (χ3v) is 4.32. The lowest BCUT2D eigenvalue weighted by atomic mass is 10.0. The van der Waals surface area contributed by atoms with Gasteiger partial charge in [-0.05, 0) is 19.1 Å². The summed E-state index contributed by atoms with van der Waals surface area (Å²) in [7, 11) is 0. The average molecular weight is 412 g/mol. The predicted octanol–water partition coefficient (Wildman–Crippen LogP) is 4.89. The van der Waals surface area contributed by atoms with Crippen molar-refractivity contribution in [3.63, 3.8) is 0 Å². The molecule has 0 aliphatic carbocycles. The first-order valence-electron chi connectivity index (χ1n) is 7.38. The number of H-pyrrole nitrogens is 1. The van der Waals surface area contributed by atoms with Gasteiger partial charge < -0.3 is 5.32 Å². The molecule has 0 spiro atoms. The fourth-order valence-corrected chi connectivity index (χ4v) is 3.10. The van der Waals surface area contributed by atoms with Crippen molar-refractivity contribution in [3.8, 4) is 0 Å². The zero-order chi connectivity index (χ0) is 18.1. The van der Waals surface area contributed by atoms with Gasteiger partial charge in [-0.2, -0.15) is 5.10 Å². The molecule has 0 radical (unpaired) electrons. The van der Waals surface area contributed by atoms with Gasteiger partial charge in [0, 0.05) is 15.4 Å². The minimum absolute atomic E-state index is 0.00185. The number of nitrogens with one attached hydrogen (secondary N) is 2. The lowest BCUT2D eigenvalue weighted by Gasteiger charge is -2.17. The minimum Gasteiger partial charge on any atom is -0.345 e. The maximum absolute atomic E-state index is 14.2. The standard InChI is InChI=1S/C17H13BrF3N3O/c1-8(11-3-2-4-12(14(11)19)16(20)21)23-17(25)13-6-10(18)5-9-7-22-24-15(9)13/h2-8,16H,1H3,(H,22,24)(H,23,25)/t8-/m1/s1. The van der Waals surface area contributed by atoms with Crippen LogP contribution >= 0.6 is 15.9 Å². The fraction of sp³-hybridized carbons (Fsp3) is 0.176. The number of benzene rings is 2. The molecule has 0 saturated carbocycles. The fourth-order valence-electron chi connectivity index (χ4n) is 2.62. The second-order valence-corrected chi connectivity index (χ2v) is 6.45. The third-order valence-electron chi connectivity index (χ3n) is 3.87. The van der Waals surface area contributed by atoms with Gasteiger partial charge in [-0.25, -0.2) is 13.2 Å². The van der Waals surface area contributed by atoms with E-state index in [9.17, 15) is 18.0 Å². The highest BCUT2D eigenvalue weighted by atomic mass is 79.9. The van der Waals surface area contributed by atoms with Crippen LogP contribution in [0.4, 0.5) is 13.2 Å². The first kappa shape index (κ1) is 17.5.